The molecule has 0 aliphatic carbocycles. The maximum Gasteiger partial charge on any atom is 0.242 e. The maximum atomic E-state index is 12.6. The summed E-state index contributed by atoms with van der Waals surface area (Å²) < 4.78 is 7.08. The van der Waals surface area contributed by atoms with E-state index in [1.165, 1.54) is 0 Å². The average molecular weight is 362 g/mol. The van der Waals surface area contributed by atoms with Crippen LogP contribution in [0.3, 0.4) is 0 Å². The quantitative estimate of drug-likeness (QED) is 0.584. The zero-order valence-electron chi connectivity index (χ0n) is 14.7. The number of furan rings is 1. The fraction of sp³-hybridized carbons (Fsp3) is 0.158. The van der Waals surface area contributed by atoms with E-state index in [4.69, 9.17) is 10.2 Å². The van der Waals surface area contributed by atoms with Gasteiger partial charge in [0.1, 0.15) is 17.8 Å². The lowest BCUT2D eigenvalue weighted by atomic mass is 10.2. The maximum absolute atomic E-state index is 12.6. The fourth-order valence-electron chi connectivity index (χ4n) is 2.87. The first-order valence-electron chi connectivity index (χ1n) is 8.42. The normalized spacial score (nSPS) is 11.0. The molecule has 8 heteroatoms. The van der Waals surface area contributed by atoms with Crippen molar-refractivity contribution >= 4 is 23.0 Å². The predicted octanol–water partition coefficient (Wildman–Crippen LogP) is 2.33. The van der Waals surface area contributed by atoms with Gasteiger partial charge in [-0.1, -0.05) is 30.3 Å². The van der Waals surface area contributed by atoms with Crippen molar-refractivity contribution in [3.05, 3.63) is 60.6 Å². The highest BCUT2D eigenvalue weighted by molar-refractivity contribution is 5.87. The molecule has 2 N–H and O–H groups in total. The van der Waals surface area contributed by atoms with E-state index in [0.29, 0.717) is 29.2 Å². The van der Waals surface area contributed by atoms with Crippen molar-refractivity contribution in [2.24, 2.45) is 0 Å². The summed E-state index contributed by atoms with van der Waals surface area (Å²) in [6.07, 6.45) is 3.12. The molecule has 4 rings (SSSR count). The lowest BCUT2D eigenvalue weighted by Crippen LogP contribution is -2.29. The van der Waals surface area contributed by atoms with Gasteiger partial charge in [-0.15, -0.1) is 0 Å². The first kappa shape index (κ1) is 16.8. The van der Waals surface area contributed by atoms with E-state index in [0.717, 1.165) is 5.56 Å². The van der Waals surface area contributed by atoms with Crippen molar-refractivity contribution in [1.82, 2.24) is 24.4 Å². The molecule has 0 aliphatic heterocycles. The molecule has 0 bridgehead atoms. The zero-order chi connectivity index (χ0) is 18.8. The second-order valence-electron chi connectivity index (χ2n) is 6.19. The van der Waals surface area contributed by atoms with Gasteiger partial charge >= 0.3 is 0 Å². The number of fused-ring (bicyclic) bond motifs is 1. The van der Waals surface area contributed by atoms with Crippen LogP contribution in [0.1, 0.15) is 5.56 Å². The number of rotatable bonds is 5. The van der Waals surface area contributed by atoms with Crippen molar-refractivity contribution in [1.29, 1.82) is 0 Å². The molecule has 136 valence electrons. The van der Waals surface area contributed by atoms with Gasteiger partial charge < -0.3 is 19.6 Å². The number of hydrogen-bond donors (Lipinski definition) is 1. The third-order valence-electron chi connectivity index (χ3n) is 4.23. The summed E-state index contributed by atoms with van der Waals surface area (Å²) in [7, 11) is 1.77. The number of carbonyl (C=O) groups excluding carboxylic acids is 1. The zero-order valence-corrected chi connectivity index (χ0v) is 14.7. The topological polar surface area (TPSA) is 103 Å². The first-order chi connectivity index (χ1) is 13.1. The van der Waals surface area contributed by atoms with Gasteiger partial charge in [-0.25, -0.2) is 9.97 Å². The molecule has 3 heterocycles. The van der Waals surface area contributed by atoms with E-state index in [1.807, 2.05) is 30.3 Å². The number of nitrogens with zero attached hydrogens (tertiary/aromatic N) is 5. The number of likely N-dealkylation sites (N-methyl/N-ethyl adjacent to an activating group) is 1. The van der Waals surface area contributed by atoms with Crippen LogP contribution >= 0.6 is 0 Å². The standard InChI is InChI=1S/C19H18N6O2/c1-24(10-13-6-3-2-4-7-13)15(26)11-25-12-21-17-16(14-8-5-9-27-14)22-19(20)23-18(17)25/h2-9,12H,10-11H2,1H3,(H2,20,22,23). The fourth-order valence-corrected chi connectivity index (χ4v) is 2.87. The van der Waals surface area contributed by atoms with Crippen molar-refractivity contribution in [2.45, 2.75) is 13.1 Å². The Morgan fingerprint density at radius 2 is 2.00 bits per heavy atom. The molecule has 1 aromatic carbocycles. The molecule has 27 heavy (non-hydrogen) atoms. The van der Waals surface area contributed by atoms with E-state index in [9.17, 15) is 4.79 Å². The van der Waals surface area contributed by atoms with Crippen LogP contribution in [-0.2, 0) is 17.9 Å². The van der Waals surface area contributed by atoms with Crippen molar-refractivity contribution in [3.8, 4) is 11.5 Å². The Morgan fingerprint density at radius 1 is 1.19 bits per heavy atom. The minimum absolute atomic E-state index is 0.0603. The summed E-state index contributed by atoms with van der Waals surface area (Å²) >= 11 is 0. The molecule has 3 aromatic heterocycles. The van der Waals surface area contributed by atoms with Crippen LogP contribution in [0, 0.1) is 0 Å². The molecule has 1 amide bonds. The number of carbonyl (C=O) groups is 1. The Labute approximate surface area is 155 Å². The van der Waals surface area contributed by atoms with E-state index >= 15 is 0 Å². The number of nitrogens with two attached hydrogens (primary N) is 1. The Morgan fingerprint density at radius 3 is 2.74 bits per heavy atom. The molecule has 0 saturated heterocycles. The molecule has 8 nitrogen and oxygen atoms in total. The monoisotopic (exact) mass is 362 g/mol. The van der Waals surface area contributed by atoms with Crippen molar-refractivity contribution in [2.75, 3.05) is 12.8 Å². The molecule has 0 unspecified atom stereocenters. The summed E-state index contributed by atoms with van der Waals surface area (Å²) in [5, 5.41) is 0. The Balaban J connectivity index is 1.60. The van der Waals surface area contributed by atoms with Crippen LogP contribution in [0.2, 0.25) is 0 Å². The van der Waals surface area contributed by atoms with Crippen LogP contribution in [0.25, 0.3) is 22.6 Å². The summed E-state index contributed by atoms with van der Waals surface area (Å²) in [5.41, 5.74) is 8.46. The molecule has 0 saturated carbocycles. The van der Waals surface area contributed by atoms with Gasteiger partial charge in [0, 0.05) is 13.6 Å². The third kappa shape index (κ3) is 3.37. The summed E-state index contributed by atoms with van der Waals surface area (Å²) in [6.45, 7) is 0.634. The van der Waals surface area contributed by atoms with Crippen LogP contribution in [0.15, 0.2) is 59.5 Å². The largest absolute Gasteiger partial charge is 0.463 e. The number of benzene rings is 1. The highest BCUT2D eigenvalue weighted by Gasteiger charge is 2.18. The van der Waals surface area contributed by atoms with Crippen molar-refractivity contribution < 1.29 is 9.21 Å². The Hall–Kier alpha value is -3.68. The number of imidazole rings is 1. The lowest BCUT2D eigenvalue weighted by molar-refractivity contribution is -0.131. The number of hydrogen-bond acceptors (Lipinski definition) is 6. The van der Waals surface area contributed by atoms with Gasteiger partial charge in [-0.2, -0.15) is 4.98 Å². The molecule has 0 fully saturated rings. The second kappa shape index (κ2) is 6.91. The van der Waals surface area contributed by atoms with Crippen LogP contribution in [0.4, 0.5) is 5.95 Å². The lowest BCUT2D eigenvalue weighted by Gasteiger charge is -2.17. The minimum Gasteiger partial charge on any atom is -0.463 e. The molecule has 0 atom stereocenters. The van der Waals surface area contributed by atoms with E-state index in [-0.39, 0.29) is 18.4 Å². The minimum atomic E-state index is -0.0603. The molecule has 0 spiro atoms. The van der Waals surface area contributed by atoms with Gasteiger partial charge in [0.05, 0.1) is 12.6 Å². The Kier molecular flexibility index (Phi) is 4.29. The van der Waals surface area contributed by atoms with Crippen LogP contribution < -0.4 is 5.73 Å². The van der Waals surface area contributed by atoms with Gasteiger partial charge in [-0.3, -0.25) is 4.79 Å². The van der Waals surface area contributed by atoms with Crippen LogP contribution in [-0.4, -0.2) is 37.4 Å². The van der Waals surface area contributed by atoms with Crippen molar-refractivity contribution in [3.63, 3.8) is 0 Å². The highest BCUT2D eigenvalue weighted by atomic mass is 16.3. The smallest absolute Gasteiger partial charge is 0.242 e. The molecule has 0 radical (unpaired) electrons. The molecule has 4 aromatic rings. The number of aromatic nitrogens is 4. The average Bonchev–Trinajstić information content (AvgIpc) is 3.32. The third-order valence-corrected chi connectivity index (χ3v) is 4.23. The SMILES string of the molecule is CN(Cc1ccccc1)C(=O)Cn1cnc2c(-c3ccco3)nc(N)nc21. The van der Waals surface area contributed by atoms with Gasteiger partial charge in [0.15, 0.2) is 11.4 Å². The number of amides is 1. The highest BCUT2D eigenvalue weighted by Crippen LogP contribution is 2.26. The molecule has 0 aliphatic rings. The summed E-state index contributed by atoms with van der Waals surface area (Å²) in [4.78, 5) is 27.2. The first-order valence-corrected chi connectivity index (χ1v) is 8.42. The van der Waals surface area contributed by atoms with Gasteiger partial charge in [0.25, 0.3) is 0 Å². The second-order valence-corrected chi connectivity index (χ2v) is 6.19. The summed E-state index contributed by atoms with van der Waals surface area (Å²) in [5.74, 6) is 0.586. The van der Waals surface area contributed by atoms with Gasteiger partial charge in [-0.05, 0) is 17.7 Å². The van der Waals surface area contributed by atoms with E-state index in [2.05, 4.69) is 15.0 Å². The predicted molar refractivity (Wildman–Crippen MR) is 100 cm³/mol. The van der Waals surface area contributed by atoms with Crippen LogP contribution in [0.5, 0.6) is 0 Å². The molecular formula is C19H18N6O2. The number of anilines is 1. The molecular weight excluding hydrogens is 344 g/mol. The van der Waals surface area contributed by atoms with Gasteiger partial charge in [0.2, 0.25) is 11.9 Å². The Bertz CT molecular complexity index is 1070. The number of nitrogen functional groups attached to an aromatic ring is 1. The van der Waals surface area contributed by atoms with E-state index < -0.39 is 0 Å². The summed E-state index contributed by atoms with van der Waals surface area (Å²) in [6, 6.07) is 13.4. The van der Waals surface area contributed by atoms with E-state index in [1.54, 1.807) is 41.2 Å².